The van der Waals surface area contributed by atoms with Gasteiger partial charge < -0.3 is 5.73 Å². The van der Waals surface area contributed by atoms with Crippen molar-refractivity contribution in [2.24, 2.45) is 5.73 Å². The molecule has 0 saturated carbocycles. The van der Waals surface area contributed by atoms with Crippen molar-refractivity contribution in [3.63, 3.8) is 0 Å². The van der Waals surface area contributed by atoms with Gasteiger partial charge in [-0.15, -0.1) is 0 Å². The van der Waals surface area contributed by atoms with E-state index in [1.54, 1.807) is 18.2 Å². The fourth-order valence-electron chi connectivity index (χ4n) is 2.05. The van der Waals surface area contributed by atoms with E-state index >= 15 is 0 Å². The lowest BCUT2D eigenvalue weighted by Crippen LogP contribution is -2.15. The first-order valence-corrected chi connectivity index (χ1v) is 9.68. The average molecular weight is 449 g/mol. The molecule has 0 amide bonds. The maximum Gasteiger partial charge on any atom is 0.176 e. The second-order valence-electron chi connectivity index (χ2n) is 4.44. The standard InChI is InChI=1S/C14H11Br2NO2S2/c1-21(18,19)13-9(3-2-4-10(13)14(17)20)11-7-8(15)5-6-12(11)16/h2-7H,1H3,(H2,17,20). The van der Waals surface area contributed by atoms with Crippen molar-refractivity contribution in [1.82, 2.24) is 0 Å². The molecule has 0 aromatic heterocycles. The first-order chi connectivity index (χ1) is 9.71. The van der Waals surface area contributed by atoms with Gasteiger partial charge in [-0.05, 0) is 23.8 Å². The largest absolute Gasteiger partial charge is 0.389 e. The average Bonchev–Trinajstić information content (AvgIpc) is 2.39. The molecule has 0 saturated heterocycles. The van der Waals surface area contributed by atoms with E-state index in [9.17, 15) is 8.42 Å². The molecule has 21 heavy (non-hydrogen) atoms. The molecule has 0 heterocycles. The van der Waals surface area contributed by atoms with Crippen LogP contribution >= 0.6 is 44.1 Å². The number of benzene rings is 2. The van der Waals surface area contributed by atoms with Crippen LogP contribution in [-0.2, 0) is 9.84 Å². The number of hydrogen-bond acceptors (Lipinski definition) is 3. The quantitative estimate of drug-likeness (QED) is 0.723. The first-order valence-electron chi connectivity index (χ1n) is 5.80. The fourth-order valence-corrected chi connectivity index (χ4v) is 4.26. The predicted molar refractivity (Wildman–Crippen MR) is 96.3 cm³/mol. The zero-order chi connectivity index (χ0) is 15.8. The summed E-state index contributed by atoms with van der Waals surface area (Å²) in [5.74, 6) is 0. The highest BCUT2D eigenvalue weighted by Gasteiger charge is 2.21. The van der Waals surface area contributed by atoms with Crippen LogP contribution in [0.15, 0.2) is 50.2 Å². The lowest BCUT2D eigenvalue weighted by molar-refractivity contribution is 0.602. The van der Waals surface area contributed by atoms with E-state index in [4.69, 9.17) is 18.0 Å². The minimum atomic E-state index is -3.49. The fraction of sp³-hybridized carbons (Fsp3) is 0.0714. The van der Waals surface area contributed by atoms with Gasteiger partial charge in [0.1, 0.15) is 4.99 Å². The zero-order valence-electron chi connectivity index (χ0n) is 10.9. The van der Waals surface area contributed by atoms with Gasteiger partial charge in [0.2, 0.25) is 0 Å². The SMILES string of the molecule is CS(=O)(=O)c1c(C(N)=S)cccc1-c1cc(Br)ccc1Br. The van der Waals surface area contributed by atoms with Gasteiger partial charge >= 0.3 is 0 Å². The van der Waals surface area contributed by atoms with Crippen LogP contribution in [0.25, 0.3) is 11.1 Å². The maximum absolute atomic E-state index is 12.2. The molecule has 2 rings (SSSR count). The molecule has 2 aromatic rings. The van der Waals surface area contributed by atoms with Gasteiger partial charge in [-0.25, -0.2) is 8.42 Å². The Labute approximate surface area is 145 Å². The predicted octanol–water partition coefficient (Wildman–Crippen LogP) is 3.92. The molecule has 0 aliphatic carbocycles. The Morgan fingerprint density at radius 2 is 1.81 bits per heavy atom. The summed E-state index contributed by atoms with van der Waals surface area (Å²) in [6, 6.07) is 10.7. The van der Waals surface area contributed by atoms with Gasteiger partial charge in [-0.2, -0.15) is 0 Å². The van der Waals surface area contributed by atoms with Gasteiger partial charge in [0, 0.05) is 26.3 Å². The van der Waals surface area contributed by atoms with Crippen LogP contribution in [0.5, 0.6) is 0 Å². The van der Waals surface area contributed by atoms with Crippen LogP contribution in [0.1, 0.15) is 5.56 Å². The molecule has 110 valence electrons. The second kappa shape index (κ2) is 6.16. The third-order valence-corrected chi connectivity index (χ3v) is 5.46. The van der Waals surface area contributed by atoms with Crippen LogP contribution in [0.2, 0.25) is 0 Å². The minimum Gasteiger partial charge on any atom is -0.389 e. The number of hydrogen-bond donors (Lipinski definition) is 1. The Morgan fingerprint density at radius 1 is 1.14 bits per heavy atom. The molecule has 7 heteroatoms. The Hall–Kier alpha value is -0.760. The number of halogens is 2. The number of rotatable bonds is 3. The van der Waals surface area contributed by atoms with E-state index in [-0.39, 0.29) is 9.88 Å². The lowest BCUT2D eigenvalue weighted by atomic mass is 10.0. The zero-order valence-corrected chi connectivity index (χ0v) is 15.7. The summed E-state index contributed by atoms with van der Waals surface area (Å²) in [5.41, 5.74) is 7.35. The molecule has 3 nitrogen and oxygen atoms in total. The Morgan fingerprint density at radius 3 is 2.38 bits per heavy atom. The van der Waals surface area contributed by atoms with E-state index in [1.165, 1.54) is 0 Å². The molecule has 2 aromatic carbocycles. The van der Waals surface area contributed by atoms with Gasteiger partial charge in [-0.3, -0.25) is 0 Å². The third kappa shape index (κ3) is 3.53. The van der Waals surface area contributed by atoms with E-state index in [0.29, 0.717) is 11.1 Å². The van der Waals surface area contributed by atoms with Gasteiger partial charge in [0.25, 0.3) is 0 Å². The Kier molecular flexibility index (Phi) is 4.87. The molecular formula is C14H11Br2NO2S2. The Bertz CT molecular complexity index is 833. The molecule has 0 aliphatic heterocycles. The molecule has 0 spiro atoms. The smallest absolute Gasteiger partial charge is 0.176 e. The van der Waals surface area contributed by atoms with Crippen molar-refractivity contribution in [2.45, 2.75) is 4.90 Å². The van der Waals surface area contributed by atoms with Gasteiger partial charge in [0.15, 0.2) is 9.84 Å². The van der Waals surface area contributed by atoms with Crippen molar-refractivity contribution in [1.29, 1.82) is 0 Å². The molecule has 0 fully saturated rings. The van der Waals surface area contributed by atoms with Crippen molar-refractivity contribution in [3.05, 3.63) is 50.9 Å². The molecule has 0 atom stereocenters. The summed E-state index contributed by atoms with van der Waals surface area (Å²) in [6.45, 7) is 0. The van der Waals surface area contributed by atoms with Crippen molar-refractivity contribution < 1.29 is 8.42 Å². The first kappa shape index (κ1) is 16.6. The number of nitrogens with two attached hydrogens (primary N) is 1. The number of sulfone groups is 1. The minimum absolute atomic E-state index is 0.0587. The van der Waals surface area contributed by atoms with Gasteiger partial charge in [0.05, 0.1) is 4.90 Å². The molecule has 0 unspecified atom stereocenters. The summed E-state index contributed by atoms with van der Waals surface area (Å²) >= 11 is 11.8. The summed E-state index contributed by atoms with van der Waals surface area (Å²) in [6.07, 6.45) is 1.15. The Balaban J connectivity index is 2.90. The third-order valence-electron chi connectivity index (χ3n) is 2.87. The van der Waals surface area contributed by atoms with E-state index < -0.39 is 9.84 Å². The van der Waals surface area contributed by atoms with E-state index in [1.807, 2.05) is 18.2 Å². The van der Waals surface area contributed by atoms with Crippen LogP contribution in [0.3, 0.4) is 0 Å². The summed E-state index contributed by atoms with van der Waals surface area (Å²) < 4.78 is 26.0. The van der Waals surface area contributed by atoms with Crippen LogP contribution in [-0.4, -0.2) is 19.7 Å². The topological polar surface area (TPSA) is 60.2 Å². The summed E-state index contributed by atoms with van der Waals surface area (Å²) in [4.78, 5) is 0.208. The van der Waals surface area contributed by atoms with Crippen LogP contribution in [0.4, 0.5) is 0 Å². The molecule has 2 N–H and O–H groups in total. The molecular weight excluding hydrogens is 438 g/mol. The van der Waals surface area contributed by atoms with Crippen LogP contribution in [0, 0.1) is 0 Å². The molecule has 0 aliphatic rings. The van der Waals surface area contributed by atoms with Crippen LogP contribution < -0.4 is 5.73 Å². The second-order valence-corrected chi connectivity index (χ2v) is 8.61. The highest BCUT2D eigenvalue weighted by atomic mass is 79.9. The van der Waals surface area contributed by atoms with Gasteiger partial charge in [-0.1, -0.05) is 62.3 Å². The highest BCUT2D eigenvalue weighted by Crippen LogP contribution is 2.36. The lowest BCUT2D eigenvalue weighted by Gasteiger charge is -2.14. The van der Waals surface area contributed by atoms with Crippen molar-refractivity contribution in [2.75, 3.05) is 6.26 Å². The van der Waals surface area contributed by atoms with Crippen molar-refractivity contribution >= 4 is 58.9 Å². The molecule has 0 bridgehead atoms. The molecule has 0 radical (unpaired) electrons. The number of thiocarbonyl (C=S) groups is 1. The van der Waals surface area contributed by atoms with Crippen molar-refractivity contribution in [3.8, 4) is 11.1 Å². The maximum atomic E-state index is 12.2. The monoisotopic (exact) mass is 447 g/mol. The summed E-state index contributed by atoms with van der Waals surface area (Å²) in [5, 5.41) is 0. The highest BCUT2D eigenvalue weighted by molar-refractivity contribution is 9.11. The van der Waals surface area contributed by atoms with E-state index in [0.717, 1.165) is 20.8 Å². The summed E-state index contributed by atoms with van der Waals surface area (Å²) in [7, 11) is -3.49. The normalized spacial score (nSPS) is 11.4. The van der Waals surface area contributed by atoms with E-state index in [2.05, 4.69) is 31.9 Å².